The summed E-state index contributed by atoms with van der Waals surface area (Å²) in [6.07, 6.45) is -2.95. The summed E-state index contributed by atoms with van der Waals surface area (Å²) in [5, 5.41) is 13.6. The molecule has 7 heteroatoms. The van der Waals surface area contributed by atoms with Gasteiger partial charge in [0.1, 0.15) is 30.1 Å². The second kappa shape index (κ2) is 7.15. The summed E-state index contributed by atoms with van der Waals surface area (Å²) in [6, 6.07) is 5.06. The predicted octanol–water partition coefficient (Wildman–Crippen LogP) is 1.42. The number of amides is 1. The van der Waals surface area contributed by atoms with Crippen LogP contribution in [0.2, 0.25) is 0 Å². The van der Waals surface area contributed by atoms with Crippen molar-refractivity contribution < 1.29 is 28.8 Å². The molecule has 1 amide bonds. The number of aryl methyl sites for hydroxylation is 2. The summed E-state index contributed by atoms with van der Waals surface area (Å²) >= 11 is 0. The second-order valence-corrected chi connectivity index (χ2v) is 7.39. The Bertz CT molecular complexity index is 656. The summed E-state index contributed by atoms with van der Waals surface area (Å²) < 4.78 is 23.6. The van der Waals surface area contributed by atoms with E-state index in [0.717, 1.165) is 11.1 Å². The highest BCUT2D eigenvalue weighted by atomic mass is 16.8. The Morgan fingerprint density at radius 2 is 1.96 bits per heavy atom. The molecule has 2 N–H and O–H groups in total. The number of ether oxygens (including phenoxy) is 4. The number of fused-ring (bicyclic) bond motifs is 1. The Morgan fingerprint density at radius 1 is 1.31 bits per heavy atom. The van der Waals surface area contributed by atoms with Gasteiger partial charge in [-0.3, -0.25) is 4.79 Å². The van der Waals surface area contributed by atoms with Crippen LogP contribution in [-0.2, 0) is 19.0 Å². The molecule has 0 aromatic heterocycles. The monoisotopic (exact) mass is 365 g/mol. The molecule has 1 aromatic rings. The number of hydrogen-bond donors (Lipinski definition) is 2. The first-order chi connectivity index (χ1) is 12.2. The van der Waals surface area contributed by atoms with Crippen molar-refractivity contribution in [2.24, 2.45) is 0 Å². The highest BCUT2D eigenvalue weighted by Crippen LogP contribution is 2.34. The summed E-state index contributed by atoms with van der Waals surface area (Å²) in [6.45, 7) is 9.10. The molecule has 2 heterocycles. The predicted molar refractivity (Wildman–Crippen MR) is 93.7 cm³/mol. The van der Waals surface area contributed by atoms with Crippen LogP contribution in [0.25, 0.3) is 0 Å². The van der Waals surface area contributed by atoms with Crippen LogP contribution >= 0.6 is 0 Å². The summed E-state index contributed by atoms with van der Waals surface area (Å²) in [5.74, 6) is -0.430. The average Bonchev–Trinajstić information content (AvgIpc) is 2.54. The molecule has 3 rings (SSSR count). The fraction of sp³-hybridized carbons (Fsp3) is 0.632. The van der Waals surface area contributed by atoms with E-state index in [1.807, 2.05) is 32.0 Å². The van der Waals surface area contributed by atoms with Crippen molar-refractivity contribution in [1.29, 1.82) is 0 Å². The first kappa shape index (κ1) is 19.1. The van der Waals surface area contributed by atoms with Gasteiger partial charge in [-0.2, -0.15) is 0 Å². The molecule has 2 aliphatic rings. The third-order valence-corrected chi connectivity index (χ3v) is 4.70. The zero-order valence-electron chi connectivity index (χ0n) is 15.8. The van der Waals surface area contributed by atoms with Crippen LogP contribution in [0.4, 0.5) is 0 Å². The van der Waals surface area contributed by atoms with Crippen molar-refractivity contribution in [2.45, 2.75) is 71.0 Å². The summed E-state index contributed by atoms with van der Waals surface area (Å²) in [5.41, 5.74) is 1.90. The molecule has 144 valence electrons. The van der Waals surface area contributed by atoms with Gasteiger partial charge in [0.2, 0.25) is 12.2 Å². The molecular weight excluding hydrogens is 338 g/mol. The van der Waals surface area contributed by atoms with Gasteiger partial charge >= 0.3 is 0 Å². The van der Waals surface area contributed by atoms with Crippen molar-refractivity contribution in [1.82, 2.24) is 5.32 Å². The van der Waals surface area contributed by atoms with Crippen LogP contribution in [0.3, 0.4) is 0 Å². The molecule has 5 atom stereocenters. The molecule has 1 aromatic carbocycles. The van der Waals surface area contributed by atoms with Gasteiger partial charge in [-0.15, -0.1) is 0 Å². The number of carbonyl (C=O) groups is 1. The van der Waals surface area contributed by atoms with Gasteiger partial charge < -0.3 is 29.4 Å². The lowest BCUT2D eigenvalue weighted by molar-refractivity contribution is -0.361. The number of rotatable bonds is 3. The van der Waals surface area contributed by atoms with Crippen LogP contribution < -0.4 is 10.1 Å². The van der Waals surface area contributed by atoms with Crippen molar-refractivity contribution >= 4 is 5.91 Å². The van der Waals surface area contributed by atoms with Gasteiger partial charge in [0.15, 0.2) is 5.79 Å². The van der Waals surface area contributed by atoms with E-state index in [-0.39, 0.29) is 12.5 Å². The zero-order chi connectivity index (χ0) is 19.1. The summed E-state index contributed by atoms with van der Waals surface area (Å²) in [7, 11) is 0. The third kappa shape index (κ3) is 3.86. The normalized spacial score (nSPS) is 33.2. The Balaban J connectivity index is 1.87. The van der Waals surface area contributed by atoms with E-state index in [2.05, 4.69) is 5.32 Å². The van der Waals surface area contributed by atoms with Gasteiger partial charge in [0.25, 0.3) is 0 Å². The van der Waals surface area contributed by atoms with E-state index in [9.17, 15) is 9.90 Å². The molecule has 0 bridgehead atoms. The van der Waals surface area contributed by atoms with Gasteiger partial charge in [-0.05, 0) is 38.8 Å². The molecule has 0 saturated carbocycles. The maximum atomic E-state index is 11.7. The Morgan fingerprint density at radius 3 is 2.58 bits per heavy atom. The van der Waals surface area contributed by atoms with E-state index in [1.165, 1.54) is 6.92 Å². The number of aliphatic hydroxyl groups is 1. The molecular formula is C19H27NO6. The van der Waals surface area contributed by atoms with Crippen LogP contribution in [-0.4, -0.2) is 54.1 Å². The van der Waals surface area contributed by atoms with E-state index in [1.54, 1.807) is 13.8 Å². The maximum absolute atomic E-state index is 11.7. The molecule has 0 radical (unpaired) electrons. The lowest BCUT2D eigenvalue weighted by Crippen LogP contribution is -2.69. The number of hydrogen-bond acceptors (Lipinski definition) is 6. The van der Waals surface area contributed by atoms with Gasteiger partial charge in [0, 0.05) is 6.92 Å². The van der Waals surface area contributed by atoms with Crippen molar-refractivity contribution in [3.8, 4) is 5.75 Å². The Hall–Kier alpha value is -1.67. The van der Waals surface area contributed by atoms with Crippen molar-refractivity contribution in [3.63, 3.8) is 0 Å². The Kier molecular flexibility index (Phi) is 5.25. The smallest absolute Gasteiger partial charge is 0.223 e. The van der Waals surface area contributed by atoms with E-state index < -0.39 is 36.4 Å². The Labute approximate surface area is 153 Å². The molecule has 7 nitrogen and oxygen atoms in total. The molecule has 26 heavy (non-hydrogen) atoms. The number of para-hydroxylation sites is 1. The number of benzene rings is 1. The molecule has 2 fully saturated rings. The van der Waals surface area contributed by atoms with Crippen LogP contribution in [0.5, 0.6) is 5.75 Å². The largest absolute Gasteiger partial charge is 0.462 e. The van der Waals surface area contributed by atoms with Gasteiger partial charge in [-0.25, -0.2) is 0 Å². The number of aliphatic hydroxyl groups excluding tert-OH is 1. The van der Waals surface area contributed by atoms with Crippen LogP contribution in [0.15, 0.2) is 18.2 Å². The quantitative estimate of drug-likeness (QED) is 0.843. The first-order valence-electron chi connectivity index (χ1n) is 8.83. The van der Waals surface area contributed by atoms with E-state index >= 15 is 0 Å². The highest BCUT2D eigenvalue weighted by molar-refractivity contribution is 5.73. The number of nitrogens with one attached hydrogen (secondary N) is 1. The third-order valence-electron chi connectivity index (χ3n) is 4.70. The fourth-order valence-electron chi connectivity index (χ4n) is 3.43. The molecule has 0 spiro atoms. The maximum Gasteiger partial charge on any atom is 0.223 e. The van der Waals surface area contributed by atoms with Gasteiger partial charge in [-0.1, -0.05) is 18.2 Å². The van der Waals surface area contributed by atoms with E-state index in [0.29, 0.717) is 5.75 Å². The second-order valence-electron chi connectivity index (χ2n) is 7.39. The molecule has 0 aliphatic carbocycles. The number of carbonyl (C=O) groups excluding carboxylic acids is 1. The topological polar surface area (TPSA) is 86.3 Å². The first-order valence-corrected chi connectivity index (χ1v) is 8.83. The van der Waals surface area contributed by atoms with E-state index in [4.69, 9.17) is 18.9 Å². The fourth-order valence-corrected chi connectivity index (χ4v) is 3.43. The van der Waals surface area contributed by atoms with Crippen LogP contribution in [0.1, 0.15) is 31.9 Å². The SMILES string of the molecule is CC(=O)NC1C(Oc2c(C)cccc2C)OC2COC(C)(C)OC2C1O. The molecule has 5 unspecified atom stereocenters. The molecule has 2 aliphatic heterocycles. The van der Waals surface area contributed by atoms with Crippen molar-refractivity contribution in [2.75, 3.05) is 6.61 Å². The zero-order valence-corrected chi connectivity index (χ0v) is 15.8. The standard InChI is InChI=1S/C19H27NO6/c1-10-7-6-8-11(2)16(10)25-18-14(20-12(3)21)15(22)17-13(24-18)9-23-19(4,5)26-17/h6-8,13-15,17-18,22H,9H2,1-5H3,(H,20,21). The minimum Gasteiger partial charge on any atom is -0.462 e. The van der Waals surface area contributed by atoms with Crippen molar-refractivity contribution in [3.05, 3.63) is 29.3 Å². The highest BCUT2D eigenvalue weighted by Gasteiger charge is 2.52. The van der Waals surface area contributed by atoms with Crippen LogP contribution in [0, 0.1) is 13.8 Å². The van der Waals surface area contributed by atoms with Gasteiger partial charge in [0.05, 0.1) is 6.61 Å². The summed E-state index contributed by atoms with van der Waals surface area (Å²) in [4.78, 5) is 11.7. The average molecular weight is 365 g/mol. The molecule has 2 saturated heterocycles. The lowest BCUT2D eigenvalue weighted by atomic mass is 9.95. The lowest BCUT2D eigenvalue weighted by Gasteiger charge is -2.49. The minimum atomic E-state index is -0.991. The minimum absolute atomic E-state index is 0.272.